The summed E-state index contributed by atoms with van der Waals surface area (Å²) in [4.78, 5) is 25.0. The Bertz CT molecular complexity index is 1390. The second-order valence-corrected chi connectivity index (χ2v) is 9.94. The summed E-state index contributed by atoms with van der Waals surface area (Å²) >= 11 is 12.8. The topological polar surface area (TPSA) is 93.5 Å². The molecule has 0 saturated heterocycles. The van der Waals surface area contributed by atoms with Crippen molar-refractivity contribution in [2.45, 2.75) is 53.4 Å². The number of imide groups is 1. The molecule has 0 atom stereocenters. The Morgan fingerprint density at radius 1 is 0.917 bits per heavy atom. The van der Waals surface area contributed by atoms with Gasteiger partial charge in [0, 0.05) is 16.9 Å². The molecule has 4 N–H and O–H groups in total. The number of aryl methyl sites for hydroxylation is 1. The summed E-state index contributed by atoms with van der Waals surface area (Å²) in [5, 5.41) is 5.66. The first-order valence-corrected chi connectivity index (χ1v) is 12.6. The number of benzene rings is 3. The minimum absolute atomic E-state index is 0.210. The molecule has 3 aromatic rings. The zero-order chi connectivity index (χ0) is 26.1. The Hall–Kier alpha value is -3.22. The summed E-state index contributed by atoms with van der Waals surface area (Å²) in [6.07, 6.45) is 4.04. The van der Waals surface area contributed by atoms with E-state index in [-0.39, 0.29) is 10.6 Å². The highest BCUT2D eigenvalue weighted by molar-refractivity contribution is 6.34. The molecule has 0 radical (unpaired) electrons. The zero-order valence-corrected chi connectivity index (χ0v) is 22.3. The van der Waals surface area contributed by atoms with Crippen LogP contribution in [-0.4, -0.2) is 11.9 Å². The predicted octanol–water partition coefficient (Wildman–Crippen LogP) is 7.44. The lowest BCUT2D eigenvalue weighted by Crippen LogP contribution is -2.34. The maximum Gasteiger partial charge on any atom is 0.326 e. The lowest BCUT2D eigenvalue weighted by molar-refractivity contribution is 0.0967. The standard InChI is InChI=1S/C28H29Cl2N3O3/c1-14-13-22(32-28(35)33-27(34)20-11-7-8-12-21(20)29)17(4)23(30)25(14)36-26-16(3)15(2)24(31)18-9-5-6-10-19(18)26/h7-8,11-13H,5-6,9-10,31H2,1-4H3,(H2,32,33,34,35). The lowest BCUT2D eigenvalue weighted by Gasteiger charge is -2.26. The van der Waals surface area contributed by atoms with E-state index in [4.69, 9.17) is 33.7 Å². The molecule has 3 amide bonds. The van der Waals surface area contributed by atoms with Crippen LogP contribution < -0.4 is 21.1 Å². The number of nitrogen functional groups attached to an aromatic ring is 1. The van der Waals surface area contributed by atoms with Gasteiger partial charge in [0.15, 0.2) is 0 Å². The molecule has 6 nitrogen and oxygen atoms in total. The highest BCUT2D eigenvalue weighted by Crippen LogP contribution is 2.45. The molecule has 1 aliphatic rings. The lowest BCUT2D eigenvalue weighted by atomic mass is 9.86. The van der Waals surface area contributed by atoms with Crippen molar-refractivity contribution < 1.29 is 14.3 Å². The summed E-state index contributed by atoms with van der Waals surface area (Å²) in [5.41, 5.74) is 13.7. The van der Waals surface area contributed by atoms with Crippen molar-refractivity contribution >= 4 is 46.5 Å². The van der Waals surface area contributed by atoms with Crippen LogP contribution in [0.15, 0.2) is 30.3 Å². The van der Waals surface area contributed by atoms with E-state index in [9.17, 15) is 9.59 Å². The molecule has 0 aliphatic heterocycles. The number of nitrogens with two attached hydrogens (primary N) is 1. The number of hydrogen-bond donors (Lipinski definition) is 3. The van der Waals surface area contributed by atoms with Gasteiger partial charge in [-0.25, -0.2) is 4.79 Å². The molecule has 0 fully saturated rings. The van der Waals surface area contributed by atoms with E-state index in [1.54, 1.807) is 37.3 Å². The molecule has 36 heavy (non-hydrogen) atoms. The first kappa shape index (κ1) is 25.9. The van der Waals surface area contributed by atoms with Gasteiger partial charge in [-0.15, -0.1) is 0 Å². The highest BCUT2D eigenvalue weighted by Gasteiger charge is 2.24. The highest BCUT2D eigenvalue weighted by atomic mass is 35.5. The van der Waals surface area contributed by atoms with Gasteiger partial charge >= 0.3 is 6.03 Å². The van der Waals surface area contributed by atoms with Gasteiger partial charge in [0.2, 0.25) is 0 Å². The Kier molecular flexibility index (Phi) is 7.48. The average molecular weight is 526 g/mol. The number of rotatable bonds is 4. The fourth-order valence-corrected chi connectivity index (χ4v) is 5.11. The van der Waals surface area contributed by atoms with Crippen molar-refractivity contribution in [3.05, 3.63) is 79.3 Å². The van der Waals surface area contributed by atoms with E-state index in [0.29, 0.717) is 22.0 Å². The van der Waals surface area contributed by atoms with E-state index in [0.717, 1.165) is 59.4 Å². The number of ether oxygens (including phenoxy) is 1. The van der Waals surface area contributed by atoms with Gasteiger partial charge in [0.05, 0.1) is 15.6 Å². The van der Waals surface area contributed by atoms with Gasteiger partial charge in [0.25, 0.3) is 5.91 Å². The van der Waals surface area contributed by atoms with Crippen molar-refractivity contribution in [2.24, 2.45) is 0 Å². The predicted molar refractivity (Wildman–Crippen MR) is 146 cm³/mol. The molecule has 0 aromatic heterocycles. The van der Waals surface area contributed by atoms with Gasteiger partial charge in [0.1, 0.15) is 11.5 Å². The number of carbonyl (C=O) groups is 2. The summed E-state index contributed by atoms with van der Waals surface area (Å²) in [6.45, 7) is 7.69. The first-order chi connectivity index (χ1) is 17.1. The van der Waals surface area contributed by atoms with E-state index in [2.05, 4.69) is 10.6 Å². The maximum absolute atomic E-state index is 12.6. The van der Waals surface area contributed by atoms with Crippen molar-refractivity contribution in [3.8, 4) is 11.5 Å². The van der Waals surface area contributed by atoms with Crippen molar-refractivity contribution in [2.75, 3.05) is 11.1 Å². The Morgan fingerprint density at radius 2 is 1.58 bits per heavy atom. The monoisotopic (exact) mass is 525 g/mol. The van der Waals surface area contributed by atoms with E-state index in [1.165, 1.54) is 5.56 Å². The van der Waals surface area contributed by atoms with Gasteiger partial charge in [-0.2, -0.15) is 0 Å². The molecule has 0 unspecified atom stereocenters. The van der Waals surface area contributed by atoms with Crippen LogP contribution in [0.1, 0.15) is 56.6 Å². The number of nitrogens with one attached hydrogen (secondary N) is 2. The second kappa shape index (κ2) is 10.4. The third-order valence-corrected chi connectivity index (χ3v) is 7.61. The Balaban J connectivity index is 1.60. The van der Waals surface area contributed by atoms with Crippen LogP contribution in [0.3, 0.4) is 0 Å². The normalized spacial score (nSPS) is 12.6. The minimum Gasteiger partial charge on any atom is -0.455 e. The summed E-state index contributed by atoms with van der Waals surface area (Å²) in [5.74, 6) is 0.745. The van der Waals surface area contributed by atoms with Gasteiger partial charge in [-0.05, 0) is 99.4 Å². The molecule has 0 saturated carbocycles. The Morgan fingerprint density at radius 3 is 2.28 bits per heavy atom. The summed E-state index contributed by atoms with van der Waals surface area (Å²) in [7, 11) is 0. The average Bonchev–Trinajstić information content (AvgIpc) is 2.85. The molecule has 8 heteroatoms. The number of halogens is 2. The third-order valence-electron chi connectivity index (χ3n) is 6.82. The number of carbonyl (C=O) groups excluding carboxylic acids is 2. The molecular weight excluding hydrogens is 497 g/mol. The van der Waals surface area contributed by atoms with Crippen molar-refractivity contribution in [1.29, 1.82) is 0 Å². The third kappa shape index (κ3) is 4.88. The smallest absolute Gasteiger partial charge is 0.326 e. The van der Waals surface area contributed by atoms with Crippen molar-refractivity contribution in [3.63, 3.8) is 0 Å². The SMILES string of the molecule is Cc1cc(NC(=O)NC(=O)c2ccccc2Cl)c(C)c(Cl)c1Oc1c(C)c(C)c(N)c2c1CCCC2. The Labute approximate surface area is 221 Å². The van der Waals surface area contributed by atoms with Crippen LogP contribution >= 0.6 is 23.2 Å². The molecule has 0 spiro atoms. The van der Waals surface area contributed by atoms with Crippen LogP contribution in [0.2, 0.25) is 10.0 Å². The zero-order valence-electron chi connectivity index (χ0n) is 20.8. The van der Waals surface area contributed by atoms with E-state index < -0.39 is 11.9 Å². The van der Waals surface area contributed by atoms with Crippen LogP contribution in [0.4, 0.5) is 16.2 Å². The van der Waals surface area contributed by atoms with E-state index in [1.807, 2.05) is 20.8 Å². The van der Waals surface area contributed by atoms with Crippen LogP contribution in [0.25, 0.3) is 0 Å². The fourth-order valence-electron chi connectivity index (χ4n) is 4.59. The summed E-state index contributed by atoms with van der Waals surface area (Å²) in [6, 6.07) is 7.60. The fraction of sp³-hybridized carbons (Fsp3) is 0.286. The molecular formula is C28H29Cl2N3O3. The number of hydrogen-bond acceptors (Lipinski definition) is 4. The van der Waals surface area contributed by atoms with Crippen LogP contribution in [0.5, 0.6) is 11.5 Å². The number of urea groups is 1. The summed E-state index contributed by atoms with van der Waals surface area (Å²) < 4.78 is 6.50. The van der Waals surface area contributed by atoms with Gasteiger partial charge in [-0.3, -0.25) is 10.1 Å². The first-order valence-electron chi connectivity index (χ1n) is 11.8. The van der Waals surface area contributed by atoms with Crippen LogP contribution in [-0.2, 0) is 12.8 Å². The maximum atomic E-state index is 12.6. The van der Waals surface area contributed by atoms with E-state index >= 15 is 0 Å². The second-order valence-electron chi connectivity index (χ2n) is 9.16. The molecule has 4 rings (SSSR count). The number of anilines is 2. The van der Waals surface area contributed by atoms with Gasteiger partial charge < -0.3 is 15.8 Å². The molecule has 1 aliphatic carbocycles. The molecule has 3 aromatic carbocycles. The number of amides is 3. The van der Waals surface area contributed by atoms with Gasteiger partial charge in [-0.1, -0.05) is 35.3 Å². The quantitative estimate of drug-likeness (QED) is 0.308. The molecule has 0 bridgehead atoms. The van der Waals surface area contributed by atoms with Crippen LogP contribution in [0, 0.1) is 27.7 Å². The van der Waals surface area contributed by atoms with Crippen molar-refractivity contribution in [1.82, 2.24) is 5.32 Å². The molecule has 0 heterocycles. The largest absolute Gasteiger partial charge is 0.455 e. The number of fused-ring (bicyclic) bond motifs is 1. The molecule has 188 valence electrons. The minimum atomic E-state index is -0.689.